The van der Waals surface area contributed by atoms with E-state index in [9.17, 15) is 13.6 Å². The molecule has 3 rings (SSSR count). The fraction of sp³-hybridized carbons (Fsp3) is 0.250. The smallest absolute Gasteiger partial charge is 0.407 e. The van der Waals surface area contributed by atoms with E-state index in [0.717, 1.165) is 16.7 Å². The van der Waals surface area contributed by atoms with Gasteiger partial charge in [0.25, 0.3) is 0 Å². The molecule has 29 heavy (non-hydrogen) atoms. The van der Waals surface area contributed by atoms with Gasteiger partial charge in [-0.3, -0.25) is 0 Å². The molecule has 0 bridgehead atoms. The molecule has 0 saturated carbocycles. The van der Waals surface area contributed by atoms with Crippen LogP contribution in [0.15, 0.2) is 42.7 Å². The Bertz CT molecular complexity index is 1020. The van der Waals surface area contributed by atoms with Crippen LogP contribution in [-0.2, 0) is 11.3 Å². The number of benzene rings is 2. The zero-order valence-electron chi connectivity index (χ0n) is 16.1. The van der Waals surface area contributed by atoms with Crippen LogP contribution in [0.1, 0.15) is 16.7 Å². The highest BCUT2D eigenvalue weighted by Crippen LogP contribution is 2.24. The summed E-state index contributed by atoms with van der Waals surface area (Å²) in [6.07, 6.45) is 1.05. The molecule has 1 N–H and O–H groups in total. The Morgan fingerprint density at radius 2 is 1.97 bits per heavy atom. The molecule has 1 heterocycles. The minimum absolute atomic E-state index is 0.0860. The number of ether oxygens (including phenoxy) is 2. The van der Waals surface area contributed by atoms with Crippen molar-refractivity contribution in [1.82, 2.24) is 20.1 Å². The number of nitrogens with one attached hydrogen (secondary N) is 1. The van der Waals surface area contributed by atoms with Gasteiger partial charge >= 0.3 is 12.7 Å². The SMILES string of the molecule is COC(=O)NCc1cc(-c2ncn(-c3ccc(OC(F)F)cc3C)n2)ccc1C. The van der Waals surface area contributed by atoms with Crippen molar-refractivity contribution in [1.29, 1.82) is 0 Å². The highest BCUT2D eigenvalue weighted by atomic mass is 19.3. The molecule has 0 aliphatic carbocycles. The van der Waals surface area contributed by atoms with Gasteiger partial charge in [-0.2, -0.15) is 8.78 Å². The average molecular weight is 402 g/mol. The lowest BCUT2D eigenvalue weighted by Crippen LogP contribution is -2.22. The van der Waals surface area contributed by atoms with E-state index in [2.05, 4.69) is 24.9 Å². The van der Waals surface area contributed by atoms with E-state index in [4.69, 9.17) is 0 Å². The lowest BCUT2D eigenvalue weighted by atomic mass is 10.0. The number of alkyl halides is 2. The molecule has 3 aromatic rings. The highest BCUT2D eigenvalue weighted by molar-refractivity contribution is 5.67. The van der Waals surface area contributed by atoms with Crippen LogP contribution in [0, 0.1) is 13.8 Å². The Morgan fingerprint density at radius 3 is 2.66 bits per heavy atom. The fourth-order valence-electron chi connectivity index (χ4n) is 2.81. The predicted octanol–water partition coefficient (Wildman–Crippen LogP) is 4.01. The van der Waals surface area contributed by atoms with E-state index in [1.165, 1.54) is 19.2 Å². The van der Waals surface area contributed by atoms with Gasteiger partial charge in [0.1, 0.15) is 12.1 Å². The number of halogens is 2. The lowest BCUT2D eigenvalue weighted by Gasteiger charge is -2.09. The molecule has 0 atom stereocenters. The summed E-state index contributed by atoms with van der Waals surface area (Å²) in [6, 6.07) is 10.3. The number of hydrogen-bond donors (Lipinski definition) is 1. The van der Waals surface area contributed by atoms with Crippen molar-refractivity contribution in [2.75, 3.05) is 7.11 Å². The first-order valence-electron chi connectivity index (χ1n) is 8.76. The minimum Gasteiger partial charge on any atom is -0.453 e. The number of hydrogen-bond acceptors (Lipinski definition) is 5. The Hall–Kier alpha value is -3.49. The molecule has 0 fully saturated rings. The number of aromatic nitrogens is 3. The average Bonchev–Trinajstić information content (AvgIpc) is 3.16. The zero-order valence-corrected chi connectivity index (χ0v) is 16.1. The van der Waals surface area contributed by atoms with Gasteiger partial charge in [0.2, 0.25) is 0 Å². The van der Waals surface area contributed by atoms with Crippen molar-refractivity contribution in [3.05, 3.63) is 59.4 Å². The Morgan fingerprint density at radius 1 is 1.17 bits per heavy atom. The maximum Gasteiger partial charge on any atom is 0.407 e. The van der Waals surface area contributed by atoms with Gasteiger partial charge < -0.3 is 14.8 Å². The Labute approximate surface area is 166 Å². The van der Waals surface area contributed by atoms with Crippen molar-refractivity contribution in [3.63, 3.8) is 0 Å². The molecule has 1 amide bonds. The molecule has 0 aliphatic heterocycles. The molecular formula is C20H20F2N4O3. The van der Waals surface area contributed by atoms with Crippen molar-refractivity contribution in [3.8, 4) is 22.8 Å². The Kier molecular flexibility index (Phi) is 6.06. The maximum atomic E-state index is 12.4. The number of alkyl carbamates (subject to hydrolysis) is 1. The number of carbonyl (C=O) groups excluding carboxylic acids is 1. The van der Waals surface area contributed by atoms with Crippen molar-refractivity contribution < 1.29 is 23.0 Å². The lowest BCUT2D eigenvalue weighted by molar-refractivity contribution is -0.0498. The summed E-state index contributed by atoms with van der Waals surface area (Å²) < 4.78 is 35.3. The molecule has 0 saturated heterocycles. The molecule has 2 aromatic carbocycles. The fourth-order valence-corrected chi connectivity index (χ4v) is 2.81. The third-order valence-electron chi connectivity index (χ3n) is 4.35. The summed E-state index contributed by atoms with van der Waals surface area (Å²) in [5.41, 5.74) is 4.12. The van der Waals surface area contributed by atoms with Crippen LogP contribution in [0.25, 0.3) is 17.1 Å². The van der Waals surface area contributed by atoms with Crippen LogP contribution in [0.5, 0.6) is 5.75 Å². The third kappa shape index (κ3) is 4.87. The first kappa shape index (κ1) is 20.2. The van der Waals surface area contributed by atoms with Crippen LogP contribution in [0.2, 0.25) is 0 Å². The molecule has 0 radical (unpaired) electrons. The number of amides is 1. The monoisotopic (exact) mass is 402 g/mol. The van der Waals surface area contributed by atoms with Crippen LogP contribution in [-0.4, -0.2) is 34.6 Å². The van der Waals surface area contributed by atoms with Gasteiger partial charge in [0.05, 0.1) is 12.8 Å². The van der Waals surface area contributed by atoms with Gasteiger partial charge in [-0.25, -0.2) is 14.5 Å². The predicted molar refractivity (Wildman–Crippen MR) is 102 cm³/mol. The summed E-state index contributed by atoms with van der Waals surface area (Å²) in [4.78, 5) is 15.7. The molecular weight excluding hydrogens is 382 g/mol. The van der Waals surface area contributed by atoms with E-state index in [1.807, 2.05) is 25.1 Å². The zero-order chi connectivity index (χ0) is 21.0. The normalized spacial score (nSPS) is 10.8. The molecule has 9 heteroatoms. The van der Waals surface area contributed by atoms with Crippen molar-refractivity contribution in [2.24, 2.45) is 0 Å². The van der Waals surface area contributed by atoms with Gasteiger partial charge in [-0.15, -0.1) is 5.10 Å². The van der Waals surface area contributed by atoms with Crippen molar-refractivity contribution >= 4 is 6.09 Å². The molecule has 7 nitrogen and oxygen atoms in total. The van der Waals surface area contributed by atoms with Gasteiger partial charge in [-0.05, 0) is 54.8 Å². The summed E-state index contributed by atoms with van der Waals surface area (Å²) >= 11 is 0. The van der Waals surface area contributed by atoms with Crippen LogP contribution in [0.4, 0.5) is 13.6 Å². The van der Waals surface area contributed by atoms with E-state index in [1.54, 1.807) is 24.0 Å². The first-order valence-corrected chi connectivity index (χ1v) is 8.76. The molecule has 0 aliphatic rings. The second-order valence-corrected chi connectivity index (χ2v) is 6.33. The van der Waals surface area contributed by atoms with E-state index in [-0.39, 0.29) is 5.75 Å². The van der Waals surface area contributed by atoms with Crippen LogP contribution in [0.3, 0.4) is 0 Å². The number of aryl methyl sites for hydroxylation is 2. The molecule has 1 aromatic heterocycles. The summed E-state index contributed by atoms with van der Waals surface area (Å²) in [5.74, 6) is 0.583. The highest BCUT2D eigenvalue weighted by Gasteiger charge is 2.12. The van der Waals surface area contributed by atoms with E-state index >= 15 is 0 Å². The standard InChI is InChI=1S/C20H20F2N4O3/c1-12-4-5-14(9-15(12)10-23-20(27)28-3)18-24-11-26(25-18)17-7-6-16(8-13(17)2)29-19(21)22/h4-9,11,19H,10H2,1-3H3,(H,23,27). The largest absolute Gasteiger partial charge is 0.453 e. The number of rotatable bonds is 6. The second-order valence-electron chi connectivity index (χ2n) is 6.33. The topological polar surface area (TPSA) is 78.3 Å². The number of carbonyl (C=O) groups is 1. The third-order valence-corrected chi connectivity index (χ3v) is 4.35. The van der Waals surface area contributed by atoms with Gasteiger partial charge in [0, 0.05) is 12.1 Å². The molecule has 0 unspecified atom stereocenters. The number of methoxy groups -OCH3 is 1. The summed E-state index contributed by atoms with van der Waals surface area (Å²) in [5, 5.41) is 7.14. The van der Waals surface area contributed by atoms with Crippen LogP contribution >= 0.6 is 0 Å². The quantitative estimate of drug-likeness (QED) is 0.674. The molecule has 152 valence electrons. The summed E-state index contributed by atoms with van der Waals surface area (Å²) in [6.45, 7) is 1.16. The maximum absolute atomic E-state index is 12.4. The Balaban J connectivity index is 1.84. The second kappa shape index (κ2) is 8.68. The molecule has 0 spiro atoms. The minimum atomic E-state index is -2.87. The van der Waals surface area contributed by atoms with Crippen molar-refractivity contribution in [2.45, 2.75) is 27.0 Å². The first-order chi connectivity index (χ1) is 13.9. The summed E-state index contributed by atoms with van der Waals surface area (Å²) in [7, 11) is 1.31. The van der Waals surface area contributed by atoms with Gasteiger partial charge in [-0.1, -0.05) is 12.1 Å². The van der Waals surface area contributed by atoms with Crippen LogP contribution < -0.4 is 10.1 Å². The number of nitrogens with zero attached hydrogens (tertiary/aromatic N) is 3. The van der Waals surface area contributed by atoms with Gasteiger partial charge in [0.15, 0.2) is 5.82 Å². The van der Waals surface area contributed by atoms with E-state index < -0.39 is 12.7 Å². The van der Waals surface area contributed by atoms with E-state index in [0.29, 0.717) is 23.6 Å².